The van der Waals surface area contributed by atoms with Gasteiger partial charge in [-0.25, -0.2) is 0 Å². The number of carbonyl (C=O) groups excluding carboxylic acids is 1. The molecule has 0 aromatic heterocycles. The quantitative estimate of drug-likeness (QED) is 0.873. The number of anilines is 1. The molecule has 1 atom stereocenters. The Morgan fingerprint density at radius 1 is 1.32 bits per heavy atom. The van der Waals surface area contributed by atoms with Crippen LogP contribution in [-0.2, 0) is 4.79 Å². The van der Waals surface area contributed by atoms with Crippen molar-refractivity contribution in [2.24, 2.45) is 5.92 Å². The zero-order chi connectivity index (χ0) is 14.0. The van der Waals surface area contributed by atoms with E-state index in [1.54, 1.807) is 6.07 Å². The van der Waals surface area contributed by atoms with Gasteiger partial charge in [-0.15, -0.1) is 0 Å². The van der Waals surface area contributed by atoms with Crippen molar-refractivity contribution in [3.63, 3.8) is 0 Å². The first-order valence-corrected chi connectivity index (χ1v) is 6.39. The number of fused-ring (bicyclic) bond motifs is 1. The van der Waals surface area contributed by atoms with Crippen LogP contribution in [0.3, 0.4) is 0 Å². The fourth-order valence-electron chi connectivity index (χ4n) is 1.96. The predicted octanol–water partition coefficient (Wildman–Crippen LogP) is 1.99. The molecule has 5 heteroatoms. The van der Waals surface area contributed by atoms with Crippen molar-refractivity contribution in [2.45, 2.75) is 26.6 Å². The lowest BCUT2D eigenvalue weighted by molar-refractivity contribution is -0.119. The zero-order valence-corrected chi connectivity index (χ0v) is 11.7. The largest absolute Gasteiger partial charge is 0.449 e. The van der Waals surface area contributed by atoms with Crippen LogP contribution in [0, 0.1) is 5.92 Å². The summed E-state index contributed by atoms with van der Waals surface area (Å²) in [5.41, 5.74) is 0.716. The molecule has 1 heterocycles. The van der Waals surface area contributed by atoms with Crippen molar-refractivity contribution < 1.29 is 14.3 Å². The smallest absolute Gasteiger partial charge is 0.246 e. The Morgan fingerprint density at radius 2 is 2.00 bits per heavy atom. The zero-order valence-electron chi connectivity index (χ0n) is 11.7. The summed E-state index contributed by atoms with van der Waals surface area (Å²) in [6.45, 7) is 6.21. The Labute approximate surface area is 113 Å². The van der Waals surface area contributed by atoms with Crippen molar-refractivity contribution >= 4 is 11.6 Å². The number of hydrogen-bond acceptors (Lipinski definition) is 4. The van der Waals surface area contributed by atoms with Crippen LogP contribution >= 0.6 is 0 Å². The molecule has 1 amide bonds. The van der Waals surface area contributed by atoms with Gasteiger partial charge in [0.15, 0.2) is 11.5 Å². The highest BCUT2D eigenvalue weighted by Crippen LogP contribution is 2.40. The minimum atomic E-state index is -0.648. The van der Waals surface area contributed by atoms with Gasteiger partial charge >= 0.3 is 0 Å². The third-order valence-corrected chi connectivity index (χ3v) is 2.88. The first kappa shape index (κ1) is 13.7. The molecule has 0 radical (unpaired) electrons. The molecule has 1 aromatic carbocycles. The third kappa shape index (κ3) is 3.17. The van der Waals surface area contributed by atoms with Gasteiger partial charge in [-0.05, 0) is 19.2 Å². The van der Waals surface area contributed by atoms with Crippen LogP contribution in [0.25, 0.3) is 0 Å². The second kappa shape index (κ2) is 5.09. The van der Waals surface area contributed by atoms with Crippen molar-refractivity contribution in [3.8, 4) is 11.5 Å². The second-order valence-corrected chi connectivity index (χ2v) is 5.21. The molecule has 0 spiro atoms. The summed E-state index contributed by atoms with van der Waals surface area (Å²) in [7, 11) is 1.83. The van der Waals surface area contributed by atoms with E-state index in [4.69, 9.17) is 9.47 Å². The fraction of sp³-hybridized carbons (Fsp3) is 0.500. The first-order chi connectivity index (χ1) is 8.91. The monoisotopic (exact) mass is 264 g/mol. The van der Waals surface area contributed by atoms with Crippen LogP contribution in [0.5, 0.6) is 11.5 Å². The van der Waals surface area contributed by atoms with Crippen LogP contribution in [-0.4, -0.2) is 25.3 Å². The van der Waals surface area contributed by atoms with Gasteiger partial charge in [0.1, 0.15) is 0 Å². The number of ether oxygens (including phenoxy) is 2. The van der Waals surface area contributed by atoms with Crippen LogP contribution in [0.1, 0.15) is 20.8 Å². The molecule has 0 aliphatic carbocycles. The van der Waals surface area contributed by atoms with Gasteiger partial charge in [-0.1, -0.05) is 6.92 Å². The predicted molar refractivity (Wildman–Crippen MR) is 73.5 cm³/mol. The molecule has 5 nitrogen and oxygen atoms in total. The molecule has 1 unspecified atom stereocenters. The molecular formula is C14H20N2O3. The van der Waals surface area contributed by atoms with Crippen LogP contribution < -0.4 is 20.1 Å². The van der Waals surface area contributed by atoms with Crippen molar-refractivity contribution in [2.75, 3.05) is 18.9 Å². The normalized spacial score (nSPS) is 17.1. The number of nitrogens with one attached hydrogen (secondary N) is 2. The van der Waals surface area contributed by atoms with Gasteiger partial charge in [0, 0.05) is 38.1 Å². The van der Waals surface area contributed by atoms with E-state index < -0.39 is 5.79 Å². The highest BCUT2D eigenvalue weighted by atomic mass is 16.7. The molecule has 1 aliphatic heterocycles. The molecule has 19 heavy (non-hydrogen) atoms. The number of hydrogen-bond donors (Lipinski definition) is 2. The number of carbonyl (C=O) groups is 1. The average molecular weight is 264 g/mol. The van der Waals surface area contributed by atoms with E-state index in [0.29, 0.717) is 23.7 Å². The Hall–Kier alpha value is -1.75. The summed E-state index contributed by atoms with van der Waals surface area (Å²) >= 11 is 0. The highest BCUT2D eigenvalue weighted by Gasteiger charge is 2.31. The SMILES string of the molecule is CNCC(C)C(=O)Nc1ccc2c(c1)OC(C)(C)O2. The fourth-order valence-corrected chi connectivity index (χ4v) is 1.96. The summed E-state index contributed by atoms with van der Waals surface area (Å²) in [5.74, 6) is 0.597. The Bertz CT molecular complexity index is 486. The number of benzene rings is 1. The molecule has 0 saturated carbocycles. The molecule has 1 aromatic rings. The van der Waals surface area contributed by atoms with E-state index in [9.17, 15) is 4.79 Å². The van der Waals surface area contributed by atoms with E-state index in [2.05, 4.69) is 10.6 Å². The molecule has 0 bridgehead atoms. The maximum absolute atomic E-state index is 11.9. The Morgan fingerprint density at radius 3 is 2.68 bits per heavy atom. The summed E-state index contributed by atoms with van der Waals surface area (Å²) in [6, 6.07) is 5.41. The summed E-state index contributed by atoms with van der Waals surface area (Å²) in [4.78, 5) is 11.9. The van der Waals surface area contributed by atoms with Gasteiger partial charge in [0.25, 0.3) is 0 Å². The standard InChI is InChI=1S/C14H20N2O3/c1-9(8-15-4)13(17)16-10-5-6-11-12(7-10)19-14(2,3)18-11/h5-7,9,15H,8H2,1-4H3,(H,16,17). The second-order valence-electron chi connectivity index (χ2n) is 5.21. The van der Waals surface area contributed by atoms with Crippen molar-refractivity contribution in [1.29, 1.82) is 0 Å². The van der Waals surface area contributed by atoms with E-state index in [1.165, 1.54) is 0 Å². The Balaban J connectivity index is 2.06. The minimum Gasteiger partial charge on any atom is -0.449 e. The molecule has 1 aliphatic rings. The topological polar surface area (TPSA) is 59.6 Å². The molecule has 0 saturated heterocycles. The number of amides is 1. The van der Waals surface area contributed by atoms with E-state index >= 15 is 0 Å². The van der Waals surface area contributed by atoms with Crippen LogP contribution in [0.4, 0.5) is 5.69 Å². The average Bonchev–Trinajstić information content (AvgIpc) is 2.62. The molecule has 104 valence electrons. The lowest BCUT2D eigenvalue weighted by atomic mass is 10.1. The summed E-state index contributed by atoms with van der Waals surface area (Å²) < 4.78 is 11.2. The van der Waals surface area contributed by atoms with E-state index in [-0.39, 0.29) is 11.8 Å². The van der Waals surface area contributed by atoms with Crippen molar-refractivity contribution in [1.82, 2.24) is 5.32 Å². The third-order valence-electron chi connectivity index (χ3n) is 2.88. The first-order valence-electron chi connectivity index (χ1n) is 6.39. The number of rotatable bonds is 4. The van der Waals surface area contributed by atoms with Gasteiger partial charge in [0.2, 0.25) is 11.7 Å². The van der Waals surface area contributed by atoms with Gasteiger partial charge in [-0.2, -0.15) is 0 Å². The van der Waals surface area contributed by atoms with Crippen LogP contribution in [0.15, 0.2) is 18.2 Å². The molecule has 2 rings (SSSR count). The van der Waals surface area contributed by atoms with Gasteiger partial charge in [-0.3, -0.25) is 4.79 Å². The maximum atomic E-state index is 11.9. The van der Waals surface area contributed by atoms with Gasteiger partial charge < -0.3 is 20.1 Å². The van der Waals surface area contributed by atoms with Gasteiger partial charge in [0.05, 0.1) is 0 Å². The molecular weight excluding hydrogens is 244 g/mol. The highest BCUT2D eigenvalue weighted by molar-refractivity contribution is 5.92. The lowest BCUT2D eigenvalue weighted by Crippen LogP contribution is -2.29. The lowest BCUT2D eigenvalue weighted by Gasteiger charge is -2.16. The van der Waals surface area contributed by atoms with E-state index in [0.717, 1.165) is 0 Å². The summed E-state index contributed by atoms with van der Waals surface area (Å²) in [5, 5.41) is 5.85. The van der Waals surface area contributed by atoms with Crippen LogP contribution in [0.2, 0.25) is 0 Å². The maximum Gasteiger partial charge on any atom is 0.246 e. The summed E-state index contributed by atoms with van der Waals surface area (Å²) in [6.07, 6.45) is 0. The minimum absolute atomic E-state index is 0.0209. The molecule has 2 N–H and O–H groups in total. The Kier molecular flexibility index (Phi) is 3.66. The van der Waals surface area contributed by atoms with E-state index in [1.807, 2.05) is 40.0 Å². The molecule has 0 fully saturated rings. The van der Waals surface area contributed by atoms with Crippen molar-refractivity contribution in [3.05, 3.63) is 18.2 Å².